The summed E-state index contributed by atoms with van der Waals surface area (Å²) in [4.78, 5) is 21.4. The summed E-state index contributed by atoms with van der Waals surface area (Å²) >= 11 is 0. The van der Waals surface area contributed by atoms with E-state index >= 15 is 0 Å². The molecule has 7 nitrogen and oxygen atoms in total. The van der Waals surface area contributed by atoms with Crippen molar-refractivity contribution in [3.05, 3.63) is 48.0 Å². The highest BCUT2D eigenvalue weighted by molar-refractivity contribution is 5.92. The van der Waals surface area contributed by atoms with E-state index < -0.39 is 0 Å². The quantitative estimate of drug-likeness (QED) is 0.832. The Balaban J connectivity index is 1.40. The molecule has 2 fully saturated rings. The van der Waals surface area contributed by atoms with Crippen molar-refractivity contribution in [2.24, 2.45) is 7.05 Å². The molecule has 0 aliphatic carbocycles. The van der Waals surface area contributed by atoms with Gasteiger partial charge in [-0.05, 0) is 30.5 Å². The summed E-state index contributed by atoms with van der Waals surface area (Å²) < 4.78 is 7.30. The monoisotopic (exact) mass is 355 g/mol. The van der Waals surface area contributed by atoms with Crippen molar-refractivity contribution in [3.63, 3.8) is 0 Å². The van der Waals surface area contributed by atoms with Gasteiger partial charge >= 0.3 is 0 Å². The molecule has 0 radical (unpaired) electrons. The van der Waals surface area contributed by atoms with Crippen molar-refractivity contribution >= 4 is 5.91 Å². The number of likely N-dealkylation sites (tertiary alicyclic amines) is 2. The van der Waals surface area contributed by atoms with Crippen molar-refractivity contribution < 1.29 is 9.53 Å². The fraction of sp³-hybridized carbons (Fsp3) is 0.526. The minimum Gasteiger partial charge on any atom is -0.378 e. The summed E-state index contributed by atoms with van der Waals surface area (Å²) in [6.45, 7) is 2.50. The second-order valence-corrected chi connectivity index (χ2v) is 7.07. The van der Waals surface area contributed by atoms with Crippen LogP contribution in [-0.2, 0) is 11.8 Å². The number of ether oxygens (including phenoxy) is 1. The molecule has 138 valence electrons. The second kappa shape index (κ2) is 7.17. The van der Waals surface area contributed by atoms with E-state index in [4.69, 9.17) is 4.74 Å². The van der Waals surface area contributed by atoms with Crippen LogP contribution in [0.15, 0.2) is 36.8 Å². The maximum atomic E-state index is 12.6. The summed E-state index contributed by atoms with van der Waals surface area (Å²) in [5.74, 6) is 0.0747. The minimum absolute atomic E-state index is 0.0747. The van der Waals surface area contributed by atoms with Gasteiger partial charge in [-0.25, -0.2) is 0 Å². The maximum Gasteiger partial charge on any atom is 0.272 e. The third-order valence-electron chi connectivity index (χ3n) is 5.69. The molecule has 2 aromatic rings. The number of rotatable bonds is 4. The molecule has 4 heterocycles. The number of nitrogens with zero attached hydrogens (tertiary/aromatic N) is 5. The normalized spacial score (nSPS) is 24.5. The van der Waals surface area contributed by atoms with Crippen molar-refractivity contribution in [2.45, 2.75) is 31.0 Å². The average Bonchev–Trinajstić information content (AvgIpc) is 3.08. The Kier molecular flexibility index (Phi) is 4.74. The molecule has 2 unspecified atom stereocenters. The Morgan fingerprint density at radius 3 is 2.65 bits per heavy atom. The molecule has 2 atom stereocenters. The molecular formula is C19H25N5O2. The minimum atomic E-state index is 0.0747. The van der Waals surface area contributed by atoms with Crippen LogP contribution in [-0.4, -0.2) is 69.4 Å². The van der Waals surface area contributed by atoms with E-state index in [1.54, 1.807) is 30.3 Å². The molecule has 0 N–H and O–H groups in total. The lowest BCUT2D eigenvalue weighted by Gasteiger charge is -2.52. The number of aryl methyl sites for hydroxylation is 1. The number of methoxy groups -OCH3 is 1. The average molecular weight is 355 g/mol. The van der Waals surface area contributed by atoms with E-state index in [0.717, 1.165) is 32.5 Å². The first-order valence-electron chi connectivity index (χ1n) is 9.14. The summed E-state index contributed by atoms with van der Waals surface area (Å²) in [6, 6.07) is 6.62. The molecule has 1 amide bonds. The Morgan fingerprint density at radius 2 is 2.04 bits per heavy atom. The maximum absolute atomic E-state index is 12.6. The molecule has 26 heavy (non-hydrogen) atoms. The van der Waals surface area contributed by atoms with Gasteiger partial charge in [0.2, 0.25) is 0 Å². The van der Waals surface area contributed by atoms with E-state index in [0.29, 0.717) is 11.7 Å². The number of piperidine rings is 1. The van der Waals surface area contributed by atoms with Crippen LogP contribution in [0, 0.1) is 0 Å². The Labute approximate surface area is 153 Å². The number of pyridine rings is 1. The molecule has 2 aliphatic heterocycles. The van der Waals surface area contributed by atoms with Crippen LogP contribution in [0.5, 0.6) is 0 Å². The fourth-order valence-electron chi connectivity index (χ4n) is 4.18. The second-order valence-electron chi connectivity index (χ2n) is 7.07. The molecule has 0 bridgehead atoms. The topological polar surface area (TPSA) is 63.5 Å². The van der Waals surface area contributed by atoms with Crippen molar-refractivity contribution in [1.82, 2.24) is 24.6 Å². The highest BCUT2D eigenvalue weighted by Crippen LogP contribution is 2.39. The Morgan fingerprint density at radius 1 is 1.23 bits per heavy atom. The zero-order chi connectivity index (χ0) is 18.1. The Hall–Kier alpha value is -2.25. The molecule has 0 saturated carbocycles. The zero-order valence-corrected chi connectivity index (χ0v) is 15.3. The lowest BCUT2D eigenvalue weighted by Crippen LogP contribution is -2.60. The van der Waals surface area contributed by atoms with E-state index in [-0.39, 0.29) is 18.1 Å². The lowest BCUT2D eigenvalue weighted by molar-refractivity contribution is -0.115. The first-order chi connectivity index (χ1) is 12.7. The molecule has 2 saturated heterocycles. The molecule has 2 aromatic heterocycles. The van der Waals surface area contributed by atoms with Crippen LogP contribution < -0.4 is 0 Å². The smallest absolute Gasteiger partial charge is 0.272 e. The van der Waals surface area contributed by atoms with Crippen LogP contribution >= 0.6 is 0 Å². The highest BCUT2D eigenvalue weighted by atomic mass is 16.5. The number of aromatic nitrogens is 3. The summed E-state index contributed by atoms with van der Waals surface area (Å²) in [6.07, 6.45) is 7.59. The van der Waals surface area contributed by atoms with Gasteiger partial charge in [-0.1, -0.05) is 6.07 Å². The highest BCUT2D eigenvalue weighted by Gasteiger charge is 2.44. The van der Waals surface area contributed by atoms with Crippen LogP contribution in [0.25, 0.3) is 0 Å². The molecule has 0 spiro atoms. The van der Waals surface area contributed by atoms with Gasteiger partial charge in [-0.15, -0.1) is 0 Å². The van der Waals surface area contributed by atoms with Crippen LogP contribution in [0.1, 0.15) is 34.9 Å². The predicted octanol–water partition coefficient (Wildman–Crippen LogP) is 1.49. The summed E-state index contributed by atoms with van der Waals surface area (Å²) in [5.41, 5.74) is 1.86. The van der Waals surface area contributed by atoms with E-state index in [9.17, 15) is 4.79 Å². The SMILES string of the molecule is COC1CN(C2CCN(C(=O)c3ccnn3C)CC2)C1c1cccnc1. The predicted molar refractivity (Wildman–Crippen MR) is 96.6 cm³/mol. The van der Waals surface area contributed by atoms with Gasteiger partial charge < -0.3 is 9.64 Å². The van der Waals surface area contributed by atoms with Gasteiger partial charge in [0.25, 0.3) is 5.91 Å². The van der Waals surface area contributed by atoms with Gasteiger partial charge in [0.15, 0.2) is 0 Å². The molecule has 4 rings (SSSR count). The number of amides is 1. The number of hydrogen-bond donors (Lipinski definition) is 0. The lowest BCUT2D eigenvalue weighted by atomic mass is 9.87. The fourth-order valence-corrected chi connectivity index (χ4v) is 4.18. The van der Waals surface area contributed by atoms with Crippen molar-refractivity contribution in [3.8, 4) is 0 Å². The third kappa shape index (κ3) is 3.01. The largest absolute Gasteiger partial charge is 0.378 e. The zero-order valence-electron chi connectivity index (χ0n) is 15.3. The number of carbonyl (C=O) groups excluding carboxylic acids is 1. The van der Waals surface area contributed by atoms with Crippen LogP contribution in [0.3, 0.4) is 0 Å². The van der Waals surface area contributed by atoms with E-state index in [1.807, 2.05) is 24.2 Å². The Bertz CT molecular complexity index is 754. The first-order valence-corrected chi connectivity index (χ1v) is 9.14. The van der Waals surface area contributed by atoms with Crippen LogP contribution in [0.2, 0.25) is 0 Å². The van der Waals surface area contributed by atoms with Gasteiger partial charge in [0, 0.05) is 58.4 Å². The number of carbonyl (C=O) groups is 1. The van der Waals surface area contributed by atoms with Gasteiger partial charge in [0.05, 0.1) is 12.1 Å². The molecule has 7 heteroatoms. The third-order valence-corrected chi connectivity index (χ3v) is 5.69. The standard InChI is InChI=1S/C19H25N5O2/c1-22-16(5-9-21-22)19(25)23-10-6-15(7-11-23)24-13-17(26-2)18(24)14-4-3-8-20-12-14/h3-5,8-9,12,15,17-18H,6-7,10-11,13H2,1-2H3. The van der Waals surface area contributed by atoms with Crippen molar-refractivity contribution in [1.29, 1.82) is 0 Å². The summed E-state index contributed by atoms with van der Waals surface area (Å²) in [5, 5.41) is 4.10. The first kappa shape index (κ1) is 17.2. The van der Waals surface area contributed by atoms with Crippen LogP contribution in [0.4, 0.5) is 0 Å². The van der Waals surface area contributed by atoms with Crippen molar-refractivity contribution in [2.75, 3.05) is 26.7 Å². The van der Waals surface area contributed by atoms with Gasteiger partial charge in [-0.3, -0.25) is 19.4 Å². The van der Waals surface area contributed by atoms with E-state index in [1.165, 1.54) is 5.56 Å². The summed E-state index contributed by atoms with van der Waals surface area (Å²) in [7, 11) is 3.59. The molecule has 0 aromatic carbocycles. The van der Waals surface area contributed by atoms with E-state index in [2.05, 4.69) is 21.0 Å². The molecular weight excluding hydrogens is 330 g/mol. The molecule has 2 aliphatic rings. The number of hydrogen-bond acceptors (Lipinski definition) is 5. The van der Waals surface area contributed by atoms with Gasteiger partial charge in [0.1, 0.15) is 5.69 Å². The van der Waals surface area contributed by atoms with Gasteiger partial charge in [-0.2, -0.15) is 5.10 Å².